The molecule has 0 spiro atoms. The van der Waals surface area contributed by atoms with Crippen LogP contribution in [0.1, 0.15) is 42.9 Å². The average molecular weight is 480 g/mol. The molecule has 0 radical (unpaired) electrons. The standard InChI is InChI=1S/C26H32F3NO4/c1-5-6-13-33-23-16-19(2)24(20(3)17-23)34-15-9-7-8-14-32-22-12-10-11-21(18-22)25(30-31-4)26(27,28)29/h5-6,10-12,16-18H,7-9,13-15H2,1-4H3/b6-5+,30-25-. The highest BCUT2D eigenvalue weighted by atomic mass is 19.4. The Kier molecular flexibility index (Phi) is 10.8. The van der Waals surface area contributed by atoms with Crippen molar-refractivity contribution in [3.8, 4) is 17.2 Å². The van der Waals surface area contributed by atoms with Crippen LogP contribution in [-0.2, 0) is 4.84 Å². The van der Waals surface area contributed by atoms with E-state index >= 15 is 0 Å². The van der Waals surface area contributed by atoms with Crippen LogP contribution in [0.4, 0.5) is 13.2 Å². The van der Waals surface area contributed by atoms with Crippen molar-refractivity contribution in [1.29, 1.82) is 0 Å². The smallest absolute Gasteiger partial charge is 0.437 e. The Bertz CT molecular complexity index is 948. The lowest BCUT2D eigenvalue weighted by Gasteiger charge is -2.14. The first kappa shape index (κ1) is 27.1. The Morgan fingerprint density at radius 1 is 0.912 bits per heavy atom. The zero-order chi connectivity index (χ0) is 25.0. The number of nitrogens with zero attached hydrogens (tertiary/aromatic N) is 1. The summed E-state index contributed by atoms with van der Waals surface area (Å²) in [6.07, 6.45) is 1.72. The first-order valence-electron chi connectivity index (χ1n) is 11.2. The van der Waals surface area contributed by atoms with Crippen LogP contribution in [0.15, 0.2) is 53.7 Å². The van der Waals surface area contributed by atoms with Crippen molar-refractivity contribution < 1.29 is 32.2 Å². The minimum absolute atomic E-state index is 0.107. The summed E-state index contributed by atoms with van der Waals surface area (Å²) in [5.41, 5.74) is 0.840. The van der Waals surface area contributed by atoms with Crippen LogP contribution in [0.25, 0.3) is 0 Å². The first-order chi connectivity index (χ1) is 16.3. The van der Waals surface area contributed by atoms with E-state index in [1.54, 1.807) is 6.07 Å². The highest BCUT2D eigenvalue weighted by molar-refractivity contribution is 6.04. The molecule has 0 aromatic heterocycles. The molecule has 0 unspecified atom stereocenters. The summed E-state index contributed by atoms with van der Waals surface area (Å²) in [5.74, 6) is 2.03. The third-order valence-electron chi connectivity index (χ3n) is 4.88. The van der Waals surface area contributed by atoms with E-state index in [1.165, 1.54) is 18.2 Å². The number of rotatable bonds is 13. The molecule has 0 bridgehead atoms. The maximum Gasteiger partial charge on any atom is 0.437 e. The summed E-state index contributed by atoms with van der Waals surface area (Å²) in [4.78, 5) is 4.34. The summed E-state index contributed by atoms with van der Waals surface area (Å²) in [7, 11) is 1.08. The molecule has 2 aromatic rings. The van der Waals surface area contributed by atoms with Crippen LogP contribution in [0.3, 0.4) is 0 Å². The van der Waals surface area contributed by atoms with Gasteiger partial charge in [-0.05, 0) is 75.4 Å². The van der Waals surface area contributed by atoms with Gasteiger partial charge in [-0.15, -0.1) is 0 Å². The molecule has 0 aliphatic carbocycles. The summed E-state index contributed by atoms with van der Waals surface area (Å²) in [6, 6.07) is 9.68. The highest BCUT2D eigenvalue weighted by Crippen LogP contribution is 2.29. The molecule has 2 aromatic carbocycles. The summed E-state index contributed by atoms with van der Waals surface area (Å²) >= 11 is 0. The van der Waals surface area contributed by atoms with Gasteiger partial charge in [0.25, 0.3) is 0 Å². The van der Waals surface area contributed by atoms with Crippen LogP contribution in [-0.4, -0.2) is 38.8 Å². The van der Waals surface area contributed by atoms with Gasteiger partial charge in [0, 0.05) is 5.56 Å². The Morgan fingerprint density at radius 2 is 1.59 bits per heavy atom. The van der Waals surface area contributed by atoms with Crippen LogP contribution in [0.5, 0.6) is 17.2 Å². The lowest BCUT2D eigenvalue weighted by molar-refractivity contribution is -0.0608. The van der Waals surface area contributed by atoms with Crippen molar-refractivity contribution in [2.75, 3.05) is 26.9 Å². The number of allylic oxidation sites excluding steroid dienone is 1. The third kappa shape index (κ3) is 8.65. The van der Waals surface area contributed by atoms with Gasteiger partial charge in [0.2, 0.25) is 0 Å². The van der Waals surface area contributed by atoms with Gasteiger partial charge in [-0.1, -0.05) is 29.4 Å². The molecule has 5 nitrogen and oxygen atoms in total. The Balaban J connectivity index is 1.76. The second kappa shape index (κ2) is 13.5. The number of aryl methyl sites for hydroxylation is 2. The van der Waals surface area contributed by atoms with E-state index in [2.05, 4.69) is 9.99 Å². The molecule has 2 rings (SSSR count). The van der Waals surface area contributed by atoms with Crippen molar-refractivity contribution >= 4 is 5.71 Å². The minimum Gasteiger partial charge on any atom is -0.494 e. The second-order valence-electron chi connectivity index (χ2n) is 7.67. The fourth-order valence-corrected chi connectivity index (χ4v) is 3.30. The van der Waals surface area contributed by atoms with Gasteiger partial charge < -0.3 is 19.0 Å². The first-order valence-corrected chi connectivity index (χ1v) is 11.2. The van der Waals surface area contributed by atoms with E-state index in [-0.39, 0.29) is 5.56 Å². The monoisotopic (exact) mass is 479 g/mol. The zero-order valence-corrected chi connectivity index (χ0v) is 20.1. The fraction of sp³-hybridized carbons (Fsp3) is 0.423. The van der Waals surface area contributed by atoms with Gasteiger partial charge >= 0.3 is 6.18 Å². The molecule has 0 aliphatic rings. The average Bonchev–Trinajstić information content (AvgIpc) is 2.78. The quantitative estimate of drug-likeness (QED) is 0.137. The van der Waals surface area contributed by atoms with E-state index in [9.17, 15) is 13.2 Å². The van der Waals surface area contributed by atoms with E-state index in [4.69, 9.17) is 14.2 Å². The number of alkyl halides is 3. The van der Waals surface area contributed by atoms with Crippen molar-refractivity contribution in [2.24, 2.45) is 5.16 Å². The Labute approximate surface area is 199 Å². The Hall–Kier alpha value is -3.16. The van der Waals surface area contributed by atoms with Crippen LogP contribution in [0.2, 0.25) is 0 Å². The number of ether oxygens (including phenoxy) is 3. The van der Waals surface area contributed by atoms with E-state index in [0.29, 0.717) is 25.6 Å². The fourth-order valence-electron chi connectivity index (χ4n) is 3.30. The van der Waals surface area contributed by atoms with E-state index < -0.39 is 11.9 Å². The number of benzene rings is 2. The van der Waals surface area contributed by atoms with Crippen molar-refractivity contribution in [1.82, 2.24) is 0 Å². The van der Waals surface area contributed by atoms with Crippen molar-refractivity contribution in [3.63, 3.8) is 0 Å². The topological polar surface area (TPSA) is 49.3 Å². The van der Waals surface area contributed by atoms with Gasteiger partial charge in [-0.2, -0.15) is 13.2 Å². The molecular formula is C26H32F3NO4. The molecule has 0 fully saturated rings. The normalized spacial score (nSPS) is 12.1. The van der Waals surface area contributed by atoms with Gasteiger partial charge in [0.1, 0.15) is 31.0 Å². The largest absolute Gasteiger partial charge is 0.494 e. The van der Waals surface area contributed by atoms with E-state index in [0.717, 1.165) is 49.0 Å². The molecule has 0 saturated carbocycles. The number of unbranched alkanes of at least 4 members (excludes halogenated alkanes) is 2. The second-order valence-corrected chi connectivity index (χ2v) is 7.67. The predicted octanol–water partition coefficient (Wildman–Crippen LogP) is 6.80. The Morgan fingerprint density at radius 3 is 2.21 bits per heavy atom. The molecule has 0 atom stereocenters. The highest BCUT2D eigenvalue weighted by Gasteiger charge is 2.38. The zero-order valence-electron chi connectivity index (χ0n) is 20.1. The third-order valence-corrected chi connectivity index (χ3v) is 4.88. The van der Waals surface area contributed by atoms with Gasteiger partial charge in [-0.3, -0.25) is 0 Å². The molecule has 34 heavy (non-hydrogen) atoms. The summed E-state index contributed by atoms with van der Waals surface area (Å²) < 4.78 is 56.7. The van der Waals surface area contributed by atoms with Crippen LogP contribution < -0.4 is 14.2 Å². The lowest BCUT2D eigenvalue weighted by atomic mass is 10.1. The number of hydrogen-bond acceptors (Lipinski definition) is 5. The molecular weight excluding hydrogens is 447 g/mol. The van der Waals surface area contributed by atoms with Crippen molar-refractivity contribution in [3.05, 3.63) is 65.2 Å². The van der Waals surface area contributed by atoms with Crippen LogP contribution >= 0.6 is 0 Å². The number of hydrogen-bond donors (Lipinski definition) is 0. The molecule has 186 valence electrons. The van der Waals surface area contributed by atoms with Crippen LogP contribution in [0, 0.1) is 13.8 Å². The maximum absolute atomic E-state index is 13.1. The lowest BCUT2D eigenvalue weighted by Crippen LogP contribution is -2.24. The summed E-state index contributed by atoms with van der Waals surface area (Å²) in [5, 5.41) is 3.11. The number of oxime groups is 1. The molecule has 0 heterocycles. The number of halogens is 3. The van der Waals surface area contributed by atoms with Gasteiger partial charge in [0.15, 0.2) is 5.71 Å². The maximum atomic E-state index is 13.1. The summed E-state index contributed by atoms with van der Waals surface area (Å²) in [6.45, 7) is 7.43. The molecule has 0 N–H and O–H groups in total. The van der Waals surface area contributed by atoms with E-state index in [1.807, 2.05) is 45.1 Å². The SMILES string of the molecule is C/C=C/COc1cc(C)c(OCCCCCOc2cccc(/C(=N/OC)C(F)(F)F)c2)c(C)c1. The minimum atomic E-state index is -4.62. The molecule has 0 saturated heterocycles. The van der Waals surface area contributed by atoms with Gasteiger partial charge in [0.05, 0.1) is 13.2 Å². The van der Waals surface area contributed by atoms with Crippen molar-refractivity contribution in [2.45, 2.75) is 46.2 Å². The molecule has 0 aliphatic heterocycles. The molecule has 0 amide bonds. The molecule has 8 heteroatoms. The van der Waals surface area contributed by atoms with Gasteiger partial charge in [-0.25, -0.2) is 0 Å². The predicted molar refractivity (Wildman–Crippen MR) is 127 cm³/mol.